The van der Waals surface area contributed by atoms with Gasteiger partial charge >= 0.3 is 0 Å². The first-order chi connectivity index (χ1) is 14.5. The molecule has 0 unspecified atom stereocenters. The van der Waals surface area contributed by atoms with Crippen molar-refractivity contribution < 1.29 is 9.53 Å². The van der Waals surface area contributed by atoms with Gasteiger partial charge in [-0.1, -0.05) is 68.8 Å². The van der Waals surface area contributed by atoms with Crippen molar-refractivity contribution in [3.05, 3.63) is 100 Å². The van der Waals surface area contributed by atoms with Crippen LogP contribution in [0.5, 0.6) is 5.75 Å². The number of carbonyl (C=O) groups excluding carboxylic acids is 1. The molecule has 3 rings (SSSR count). The fourth-order valence-electron chi connectivity index (χ4n) is 3.28. The van der Waals surface area contributed by atoms with Crippen molar-refractivity contribution in [1.82, 2.24) is 5.32 Å². The molecule has 0 fully saturated rings. The first-order valence-electron chi connectivity index (χ1n) is 10.3. The lowest BCUT2D eigenvalue weighted by molar-refractivity contribution is 0.0935. The van der Waals surface area contributed by atoms with Crippen LogP contribution in [0.3, 0.4) is 0 Å². The predicted octanol–water partition coefficient (Wildman–Crippen LogP) is 6.92. The van der Waals surface area contributed by atoms with Gasteiger partial charge in [-0.05, 0) is 65.4 Å². The number of amides is 1. The van der Waals surface area contributed by atoms with Gasteiger partial charge in [-0.3, -0.25) is 4.79 Å². The molecule has 156 valence electrons. The summed E-state index contributed by atoms with van der Waals surface area (Å²) >= 11 is 5.90. The number of carbonyl (C=O) groups is 1. The quantitative estimate of drug-likeness (QED) is 0.428. The van der Waals surface area contributed by atoms with Crippen molar-refractivity contribution in [3.8, 4) is 5.75 Å². The topological polar surface area (TPSA) is 38.3 Å². The minimum absolute atomic E-state index is 0.0207. The number of benzene rings is 3. The van der Waals surface area contributed by atoms with Gasteiger partial charge in [-0.25, -0.2) is 0 Å². The molecule has 30 heavy (non-hydrogen) atoms. The Hall–Kier alpha value is -2.78. The maximum absolute atomic E-state index is 12.9. The Bertz CT molecular complexity index is 965. The Morgan fingerprint density at radius 2 is 1.63 bits per heavy atom. The van der Waals surface area contributed by atoms with Crippen molar-refractivity contribution in [3.63, 3.8) is 0 Å². The lowest BCUT2D eigenvalue weighted by Gasteiger charge is -2.19. The minimum Gasteiger partial charge on any atom is -0.489 e. The van der Waals surface area contributed by atoms with E-state index in [1.54, 1.807) is 12.1 Å². The van der Waals surface area contributed by atoms with Crippen LogP contribution in [0.2, 0.25) is 5.02 Å². The van der Waals surface area contributed by atoms with E-state index in [0.717, 1.165) is 23.3 Å². The lowest BCUT2D eigenvalue weighted by atomic mass is 9.98. The maximum atomic E-state index is 12.9. The zero-order chi connectivity index (χ0) is 21.5. The second-order valence-electron chi connectivity index (χ2n) is 7.70. The summed E-state index contributed by atoms with van der Waals surface area (Å²) in [6.07, 6.45) is 0.826. The largest absolute Gasteiger partial charge is 0.489 e. The van der Waals surface area contributed by atoms with Gasteiger partial charge < -0.3 is 10.1 Å². The SMILES string of the molecule is CC[C@H](NC(=O)c1cccc(COc2ccc(Cl)cc2)c1)c1ccc(C(C)C)cc1. The fourth-order valence-corrected chi connectivity index (χ4v) is 3.40. The van der Waals surface area contributed by atoms with E-state index < -0.39 is 0 Å². The van der Waals surface area contributed by atoms with Crippen LogP contribution >= 0.6 is 11.6 Å². The molecule has 3 aromatic rings. The van der Waals surface area contributed by atoms with Crippen LogP contribution in [0.4, 0.5) is 0 Å². The van der Waals surface area contributed by atoms with Crippen LogP contribution in [0.25, 0.3) is 0 Å². The first-order valence-corrected chi connectivity index (χ1v) is 10.7. The molecular weight excluding hydrogens is 394 g/mol. The first kappa shape index (κ1) is 21.9. The average molecular weight is 422 g/mol. The van der Waals surface area contributed by atoms with E-state index in [1.165, 1.54) is 5.56 Å². The Balaban J connectivity index is 1.65. The number of ether oxygens (including phenoxy) is 1. The van der Waals surface area contributed by atoms with Gasteiger partial charge in [0.25, 0.3) is 5.91 Å². The van der Waals surface area contributed by atoms with E-state index in [-0.39, 0.29) is 11.9 Å². The van der Waals surface area contributed by atoms with Crippen LogP contribution in [0.15, 0.2) is 72.8 Å². The summed E-state index contributed by atoms with van der Waals surface area (Å²) in [7, 11) is 0. The normalized spacial score (nSPS) is 11.9. The smallest absolute Gasteiger partial charge is 0.251 e. The van der Waals surface area contributed by atoms with E-state index in [1.807, 2.05) is 36.4 Å². The van der Waals surface area contributed by atoms with Crippen molar-refractivity contribution in [2.75, 3.05) is 0 Å². The highest BCUT2D eigenvalue weighted by Gasteiger charge is 2.15. The van der Waals surface area contributed by atoms with Crippen molar-refractivity contribution in [1.29, 1.82) is 0 Å². The number of halogens is 1. The fraction of sp³-hybridized carbons (Fsp3) is 0.269. The molecule has 0 saturated carbocycles. The maximum Gasteiger partial charge on any atom is 0.251 e. The molecule has 0 spiro atoms. The van der Waals surface area contributed by atoms with E-state index in [4.69, 9.17) is 16.3 Å². The Labute approximate surface area is 184 Å². The minimum atomic E-state index is -0.0804. The summed E-state index contributed by atoms with van der Waals surface area (Å²) in [5.74, 6) is 1.15. The standard InChI is InChI=1S/C26H28ClNO2/c1-4-25(21-10-8-20(9-11-21)18(2)3)28-26(29)22-7-5-6-19(16-22)17-30-24-14-12-23(27)13-15-24/h5-16,18,25H,4,17H2,1-3H3,(H,28,29)/t25-/m0/s1. The third-order valence-corrected chi connectivity index (χ3v) is 5.38. The summed E-state index contributed by atoms with van der Waals surface area (Å²) in [5, 5.41) is 3.83. The molecule has 0 aliphatic carbocycles. The molecule has 0 saturated heterocycles. The van der Waals surface area contributed by atoms with E-state index in [2.05, 4.69) is 50.4 Å². The van der Waals surface area contributed by atoms with Gasteiger partial charge in [0.05, 0.1) is 6.04 Å². The average Bonchev–Trinajstić information content (AvgIpc) is 2.77. The van der Waals surface area contributed by atoms with Crippen LogP contribution in [-0.2, 0) is 6.61 Å². The van der Waals surface area contributed by atoms with Crippen molar-refractivity contribution in [2.24, 2.45) is 0 Å². The van der Waals surface area contributed by atoms with Gasteiger partial charge in [-0.15, -0.1) is 0 Å². The highest BCUT2D eigenvalue weighted by Crippen LogP contribution is 2.22. The third-order valence-electron chi connectivity index (χ3n) is 5.13. The van der Waals surface area contributed by atoms with Crippen LogP contribution in [0, 0.1) is 0 Å². The molecule has 0 radical (unpaired) electrons. The highest BCUT2D eigenvalue weighted by atomic mass is 35.5. The number of nitrogens with one attached hydrogen (secondary N) is 1. The van der Waals surface area contributed by atoms with Gasteiger partial charge in [0, 0.05) is 10.6 Å². The molecule has 0 aliphatic heterocycles. The molecule has 1 amide bonds. The molecule has 0 heterocycles. The molecular formula is C26H28ClNO2. The summed E-state index contributed by atoms with van der Waals surface area (Å²) in [4.78, 5) is 12.9. The van der Waals surface area contributed by atoms with Gasteiger partial charge in [0.2, 0.25) is 0 Å². The molecule has 3 aromatic carbocycles. The van der Waals surface area contributed by atoms with Crippen LogP contribution in [-0.4, -0.2) is 5.91 Å². The molecule has 0 bridgehead atoms. The van der Waals surface area contributed by atoms with Gasteiger partial charge in [0.1, 0.15) is 12.4 Å². The lowest BCUT2D eigenvalue weighted by Crippen LogP contribution is -2.28. The van der Waals surface area contributed by atoms with E-state index in [0.29, 0.717) is 23.1 Å². The highest BCUT2D eigenvalue weighted by molar-refractivity contribution is 6.30. The molecule has 0 aliphatic rings. The van der Waals surface area contributed by atoms with Gasteiger partial charge in [-0.2, -0.15) is 0 Å². The van der Waals surface area contributed by atoms with Crippen LogP contribution in [0.1, 0.15) is 66.2 Å². The summed E-state index contributed by atoms with van der Waals surface area (Å²) in [6.45, 7) is 6.82. The summed E-state index contributed by atoms with van der Waals surface area (Å²) < 4.78 is 5.79. The van der Waals surface area contributed by atoms with Crippen molar-refractivity contribution in [2.45, 2.75) is 45.8 Å². The second-order valence-corrected chi connectivity index (χ2v) is 8.14. The monoisotopic (exact) mass is 421 g/mol. The van der Waals surface area contributed by atoms with Crippen LogP contribution < -0.4 is 10.1 Å². The number of rotatable bonds is 8. The predicted molar refractivity (Wildman–Crippen MR) is 123 cm³/mol. The second kappa shape index (κ2) is 10.3. The zero-order valence-corrected chi connectivity index (χ0v) is 18.4. The molecule has 4 heteroatoms. The molecule has 1 atom stereocenters. The Morgan fingerprint density at radius 3 is 2.27 bits per heavy atom. The number of hydrogen-bond acceptors (Lipinski definition) is 2. The molecule has 3 nitrogen and oxygen atoms in total. The molecule has 0 aromatic heterocycles. The number of hydrogen-bond donors (Lipinski definition) is 1. The van der Waals surface area contributed by atoms with E-state index >= 15 is 0 Å². The molecule has 1 N–H and O–H groups in total. The Morgan fingerprint density at radius 1 is 0.967 bits per heavy atom. The van der Waals surface area contributed by atoms with E-state index in [9.17, 15) is 4.79 Å². The zero-order valence-electron chi connectivity index (χ0n) is 17.7. The summed E-state index contributed by atoms with van der Waals surface area (Å²) in [6, 6.07) is 23.3. The summed E-state index contributed by atoms with van der Waals surface area (Å²) in [5.41, 5.74) is 3.99. The van der Waals surface area contributed by atoms with Crippen molar-refractivity contribution >= 4 is 17.5 Å². The third kappa shape index (κ3) is 5.87. The van der Waals surface area contributed by atoms with Gasteiger partial charge in [0.15, 0.2) is 0 Å². The Kier molecular flexibility index (Phi) is 7.53.